The molecule has 3 nitrogen and oxygen atoms in total. The quantitative estimate of drug-likeness (QED) is 0.911. The van der Waals surface area contributed by atoms with Crippen molar-refractivity contribution in [3.8, 4) is 0 Å². The van der Waals surface area contributed by atoms with Gasteiger partial charge < -0.3 is 10.0 Å². The van der Waals surface area contributed by atoms with Gasteiger partial charge in [0.05, 0.1) is 5.92 Å². The third-order valence-corrected chi connectivity index (χ3v) is 3.65. The summed E-state index contributed by atoms with van der Waals surface area (Å²) < 4.78 is 26.2. The number of carbonyl (C=O) groups is 1. The number of likely N-dealkylation sites (tertiary alicyclic amines) is 1. The second-order valence-corrected chi connectivity index (χ2v) is 4.94. The van der Waals surface area contributed by atoms with Gasteiger partial charge in [-0.05, 0) is 44.0 Å². The zero-order valence-electron chi connectivity index (χ0n) is 10.6. The van der Waals surface area contributed by atoms with Crippen molar-refractivity contribution in [2.24, 2.45) is 5.92 Å². The van der Waals surface area contributed by atoms with Crippen LogP contribution in [0.2, 0.25) is 0 Å². The molecule has 19 heavy (non-hydrogen) atoms. The van der Waals surface area contributed by atoms with Crippen LogP contribution in [0.4, 0.5) is 8.78 Å². The van der Waals surface area contributed by atoms with Crippen LogP contribution in [-0.4, -0.2) is 35.6 Å². The average molecular weight is 269 g/mol. The minimum atomic E-state index is -0.732. The van der Waals surface area contributed by atoms with Crippen LogP contribution in [0, 0.1) is 17.6 Å². The lowest BCUT2D eigenvalue weighted by Gasteiger charge is -2.29. The van der Waals surface area contributed by atoms with Gasteiger partial charge in [0.2, 0.25) is 0 Å². The van der Waals surface area contributed by atoms with E-state index in [2.05, 4.69) is 4.90 Å². The monoisotopic (exact) mass is 269 g/mol. The first-order valence-corrected chi connectivity index (χ1v) is 6.45. The van der Waals surface area contributed by atoms with Crippen molar-refractivity contribution in [2.45, 2.75) is 19.3 Å². The molecular weight excluding hydrogens is 252 g/mol. The Bertz CT molecular complexity index is 457. The van der Waals surface area contributed by atoms with E-state index < -0.39 is 17.6 Å². The van der Waals surface area contributed by atoms with Gasteiger partial charge >= 0.3 is 5.97 Å². The number of nitrogens with zero attached hydrogens (tertiary/aromatic N) is 1. The van der Waals surface area contributed by atoms with Crippen LogP contribution in [0.15, 0.2) is 18.2 Å². The summed E-state index contributed by atoms with van der Waals surface area (Å²) in [5.41, 5.74) is 0.502. The molecule has 1 aromatic carbocycles. The van der Waals surface area contributed by atoms with Crippen molar-refractivity contribution in [3.63, 3.8) is 0 Å². The summed E-state index contributed by atoms with van der Waals surface area (Å²) in [5, 5.41) is 8.89. The summed E-state index contributed by atoms with van der Waals surface area (Å²) >= 11 is 0. The Kier molecular flexibility index (Phi) is 4.47. The lowest BCUT2D eigenvalue weighted by atomic mass is 9.97. The van der Waals surface area contributed by atoms with Crippen LogP contribution < -0.4 is 0 Å². The van der Waals surface area contributed by atoms with E-state index in [1.165, 1.54) is 12.1 Å². The average Bonchev–Trinajstić information content (AvgIpc) is 2.38. The van der Waals surface area contributed by atoms with Gasteiger partial charge in [-0.3, -0.25) is 4.79 Å². The van der Waals surface area contributed by atoms with Gasteiger partial charge in [-0.15, -0.1) is 0 Å². The van der Waals surface area contributed by atoms with Crippen molar-refractivity contribution in [1.29, 1.82) is 0 Å². The molecule has 104 valence electrons. The first kappa shape index (κ1) is 13.9. The zero-order valence-corrected chi connectivity index (χ0v) is 10.6. The molecule has 0 atom stereocenters. The number of hydrogen-bond acceptors (Lipinski definition) is 2. The molecule has 2 rings (SSSR count). The number of carboxylic acids is 1. The minimum Gasteiger partial charge on any atom is -0.481 e. The molecule has 0 bridgehead atoms. The predicted octanol–water partition coefficient (Wildman–Crippen LogP) is 2.30. The minimum absolute atomic E-state index is 0.251. The van der Waals surface area contributed by atoms with E-state index >= 15 is 0 Å². The summed E-state index contributed by atoms with van der Waals surface area (Å²) in [6.45, 7) is 2.12. The van der Waals surface area contributed by atoms with Crippen molar-refractivity contribution < 1.29 is 18.7 Å². The van der Waals surface area contributed by atoms with E-state index in [0.29, 0.717) is 31.4 Å². The number of piperidine rings is 1. The molecule has 0 saturated carbocycles. The van der Waals surface area contributed by atoms with E-state index in [0.717, 1.165) is 19.2 Å². The molecule has 0 aromatic heterocycles. The number of hydrogen-bond donors (Lipinski definition) is 1. The molecule has 0 aliphatic carbocycles. The number of benzene rings is 1. The Morgan fingerprint density at radius 3 is 2.58 bits per heavy atom. The van der Waals surface area contributed by atoms with Crippen LogP contribution >= 0.6 is 0 Å². The van der Waals surface area contributed by atoms with Gasteiger partial charge in [-0.1, -0.05) is 6.07 Å². The SMILES string of the molecule is O=C(O)C1CCN(CCc2ccc(F)cc2F)CC1. The smallest absolute Gasteiger partial charge is 0.306 e. The summed E-state index contributed by atoms with van der Waals surface area (Å²) in [6.07, 6.45) is 1.80. The Hall–Kier alpha value is -1.49. The summed E-state index contributed by atoms with van der Waals surface area (Å²) in [7, 11) is 0. The lowest BCUT2D eigenvalue weighted by molar-refractivity contribution is -0.143. The van der Waals surface area contributed by atoms with Gasteiger partial charge in [0.15, 0.2) is 0 Å². The number of halogens is 2. The molecule has 5 heteroatoms. The predicted molar refractivity (Wildman–Crippen MR) is 66.9 cm³/mol. The largest absolute Gasteiger partial charge is 0.481 e. The molecule has 1 N–H and O–H groups in total. The van der Waals surface area contributed by atoms with Gasteiger partial charge in [-0.2, -0.15) is 0 Å². The van der Waals surface area contributed by atoms with Crippen LogP contribution in [0.3, 0.4) is 0 Å². The van der Waals surface area contributed by atoms with Gasteiger partial charge in [0.1, 0.15) is 11.6 Å². The molecule has 0 radical (unpaired) electrons. The van der Waals surface area contributed by atoms with Crippen LogP contribution in [0.25, 0.3) is 0 Å². The fraction of sp³-hybridized carbons (Fsp3) is 0.500. The third kappa shape index (κ3) is 3.73. The van der Waals surface area contributed by atoms with Gasteiger partial charge in [0, 0.05) is 12.6 Å². The molecular formula is C14H17F2NO2. The van der Waals surface area contributed by atoms with Crippen LogP contribution in [0.5, 0.6) is 0 Å². The highest BCUT2D eigenvalue weighted by atomic mass is 19.1. The van der Waals surface area contributed by atoms with Crippen LogP contribution in [0.1, 0.15) is 18.4 Å². The summed E-state index contributed by atoms with van der Waals surface area (Å²) in [5.74, 6) is -2.06. The van der Waals surface area contributed by atoms with E-state index in [-0.39, 0.29) is 5.92 Å². The topological polar surface area (TPSA) is 40.5 Å². The van der Waals surface area contributed by atoms with Crippen molar-refractivity contribution >= 4 is 5.97 Å². The fourth-order valence-corrected chi connectivity index (χ4v) is 2.41. The van der Waals surface area contributed by atoms with Crippen LogP contribution in [-0.2, 0) is 11.2 Å². The van der Waals surface area contributed by atoms with Crippen molar-refractivity contribution in [2.75, 3.05) is 19.6 Å². The highest BCUT2D eigenvalue weighted by Crippen LogP contribution is 2.18. The lowest BCUT2D eigenvalue weighted by Crippen LogP contribution is -2.37. The Balaban J connectivity index is 1.82. The molecule has 0 spiro atoms. The maximum absolute atomic E-state index is 13.4. The molecule has 1 aliphatic heterocycles. The first-order valence-electron chi connectivity index (χ1n) is 6.45. The van der Waals surface area contributed by atoms with E-state index in [9.17, 15) is 13.6 Å². The maximum atomic E-state index is 13.4. The second kappa shape index (κ2) is 6.10. The van der Waals surface area contributed by atoms with Crippen molar-refractivity contribution in [3.05, 3.63) is 35.4 Å². The first-order chi connectivity index (χ1) is 9.06. The highest BCUT2D eigenvalue weighted by molar-refractivity contribution is 5.70. The fourth-order valence-electron chi connectivity index (χ4n) is 2.41. The van der Waals surface area contributed by atoms with Gasteiger partial charge in [-0.25, -0.2) is 8.78 Å². The Morgan fingerprint density at radius 2 is 2.00 bits per heavy atom. The van der Waals surface area contributed by atoms with E-state index in [4.69, 9.17) is 5.11 Å². The second-order valence-electron chi connectivity index (χ2n) is 4.94. The number of carboxylic acid groups (broad SMARTS) is 1. The van der Waals surface area contributed by atoms with E-state index in [1.807, 2.05) is 0 Å². The normalized spacial score (nSPS) is 17.6. The van der Waals surface area contributed by atoms with Gasteiger partial charge in [0.25, 0.3) is 0 Å². The standard InChI is InChI=1S/C14H17F2NO2/c15-12-2-1-10(13(16)9-12)3-6-17-7-4-11(5-8-17)14(18)19/h1-2,9,11H,3-8H2,(H,18,19). The molecule has 1 heterocycles. The summed E-state index contributed by atoms with van der Waals surface area (Å²) in [4.78, 5) is 12.9. The summed E-state index contributed by atoms with van der Waals surface area (Å²) in [6, 6.07) is 3.62. The molecule has 1 saturated heterocycles. The number of rotatable bonds is 4. The van der Waals surface area contributed by atoms with Crippen molar-refractivity contribution in [1.82, 2.24) is 4.90 Å². The molecule has 1 fully saturated rings. The van der Waals surface area contributed by atoms with E-state index in [1.54, 1.807) is 0 Å². The highest BCUT2D eigenvalue weighted by Gasteiger charge is 2.24. The molecule has 1 aliphatic rings. The molecule has 0 unspecified atom stereocenters. The Labute approximate surface area is 110 Å². The third-order valence-electron chi connectivity index (χ3n) is 3.65. The number of aliphatic carboxylic acids is 1. The molecule has 1 aromatic rings. The maximum Gasteiger partial charge on any atom is 0.306 e. The molecule has 0 amide bonds. The zero-order chi connectivity index (χ0) is 13.8. The Morgan fingerprint density at radius 1 is 1.32 bits per heavy atom.